The second-order valence-corrected chi connectivity index (χ2v) is 8.24. The van der Waals surface area contributed by atoms with Crippen molar-refractivity contribution in [3.63, 3.8) is 0 Å². The van der Waals surface area contributed by atoms with E-state index in [0.29, 0.717) is 44.8 Å². The van der Waals surface area contributed by atoms with Gasteiger partial charge in [-0.15, -0.1) is 0 Å². The molecule has 2 aliphatic heterocycles. The number of rotatable bonds is 4. The lowest BCUT2D eigenvalue weighted by atomic mass is 9.79. The summed E-state index contributed by atoms with van der Waals surface area (Å²) < 4.78 is 32.7. The van der Waals surface area contributed by atoms with Crippen molar-refractivity contribution in [1.29, 1.82) is 0 Å². The molecule has 0 saturated carbocycles. The largest absolute Gasteiger partial charge is 0.375 e. The van der Waals surface area contributed by atoms with E-state index in [-0.39, 0.29) is 28.9 Å². The summed E-state index contributed by atoms with van der Waals surface area (Å²) in [7, 11) is 0. The Kier molecular flexibility index (Phi) is 6.27. The van der Waals surface area contributed by atoms with Crippen LogP contribution in [0.15, 0.2) is 42.6 Å². The predicted octanol–water partition coefficient (Wildman–Crippen LogP) is 3.19. The van der Waals surface area contributed by atoms with Crippen LogP contribution in [0, 0.1) is 17.6 Å². The Morgan fingerprint density at radius 1 is 1.16 bits per heavy atom. The first-order valence-electron chi connectivity index (χ1n) is 10.5. The Morgan fingerprint density at radius 2 is 1.97 bits per heavy atom. The second kappa shape index (κ2) is 9.09. The number of carbonyl (C=O) groups excluding carboxylic acids is 2. The van der Waals surface area contributed by atoms with Gasteiger partial charge in [-0.05, 0) is 61.9 Å². The van der Waals surface area contributed by atoms with Crippen molar-refractivity contribution < 1.29 is 23.1 Å². The minimum Gasteiger partial charge on any atom is -0.375 e. The number of hydrogen-bond donors (Lipinski definition) is 1. The maximum atomic E-state index is 13.5. The summed E-state index contributed by atoms with van der Waals surface area (Å²) in [5.74, 6) is -2.19. The van der Waals surface area contributed by atoms with Crippen LogP contribution in [-0.2, 0) is 4.74 Å². The van der Waals surface area contributed by atoms with Crippen molar-refractivity contribution in [1.82, 2.24) is 15.2 Å². The summed E-state index contributed by atoms with van der Waals surface area (Å²) in [6.45, 7) is 2.15. The van der Waals surface area contributed by atoms with E-state index in [1.54, 1.807) is 29.3 Å². The fraction of sp³-hybridized carbons (Fsp3) is 0.435. The molecular formula is C23H25F2N3O3. The summed E-state index contributed by atoms with van der Waals surface area (Å²) >= 11 is 0. The SMILES string of the molecule is O=C(NCC1CCOC2(CCN(C(=O)c3ccc(F)c(F)c3)CC2)C1)c1ccccn1. The molecule has 0 bridgehead atoms. The maximum absolute atomic E-state index is 13.5. The maximum Gasteiger partial charge on any atom is 0.269 e. The van der Waals surface area contributed by atoms with Crippen molar-refractivity contribution in [2.75, 3.05) is 26.2 Å². The standard InChI is InChI=1S/C23H25F2N3O3/c24-18-5-4-17(13-19(18)25)22(30)28-10-7-23(8-11-28)14-16(6-12-31-23)15-27-21(29)20-3-1-2-9-26-20/h1-5,9,13,16H,6-8,10-12,14-15H2,(H,27,29). The number of nitrogens with one attached hydrogen (secondary N) is 1. The molecule has 2 aliphatic rings. The monoisotopic (exact) mass is 429 g/mol. The molecule has 6 nitrogen and oxygen atoms in total. The van der Waals surface area contributed by atoms with Gasteiger partial charge in [-0.1, -0.05) is 6.07 Å². The van der Waals surface area contributed by atoms with E-state index >= 15 is 0 Å². The van der Waals surface area contributed by atoms with Crippen LogP contribution in [0.4, 0.5) is 8.78 Å². The number of piperidine rings is 1. The molecule has 31 heavy (non-hydrogen) atoms. The van der Waals surface area contributed by atoms with E-state index in [2.05, 4.69) is 10.3 Å². The highest BCUT2D eigenvalue weighted by molar-refractivity contribution is 5.94. The zero-order valence-corrected chi connectivity index (χ0v) is 17.2. The molecule has 2 saturated heterocycles. The lowest BCUT2D eigenvalue weighted by molar-refractivity contribution is -0.122. The van der Waals surface area contributed by atoms with E-state index in [9.17, 15) is 18.4 Å². The molecule has 0 aliphatic carbocycles. The highest BCUT2D eigenvalue weighted by atomic mass is 19.2. The Labute approximate surface area is 179 Å². The number of amides is 2. The van der Waals surface area contributed by atoms with E-state index in [4.69, 9.17) is 4.74 Å². The molecule has 1 aromatic heterocycles. The van der Waals surface area contributed by atoms with Crippen molar-refractivity contribution in [2.24, 2.45) is 5.92 Å². The third kappa shape index (κ3) is 4.90. The molecule has 1 spiro atoms. The van der Waals surface area contributed by atoms with Gasteiger partial charge in [-0.2, -0.15) is 0 Å². The van der Waals surface area contributed by atoms with Crippen LogP contribution in [0.5, 0.6) is 0 Å². The Bertz CT molecular complexity index is 946. The predicted molar refractivity (Wildman–Crippen MR) is 109 cm³/mol. The van der Waals surface area contributed by atoms with Gasteiger partial charge in [0.15, 0.2) is 11.6 Å². The van der Waals surface area contributed by atoms with Crippen LogP contribution in [0.1, 0.15) is 46.5 Å². The molecule has 4 rings (SSSR count). The van der Waals surface area contributed by atoms with Gasteiger partial charge < -0.3 is 15.0 Å². The zero-order chi connectivity index (χ0) is 21.8. The summed E-state index contributed by atoms with van der Waals surface area (Å²) in [5, 5.41) is 2.96. The van der Waals surface area contributed by atoms with E-state index in [0.717, 1.165) is 25.0 Å². The van der Waals surface area contributed by atoms with Crippen molar-refractivity contribution >= 4 is 11.8 Å². The fourth-order valence-corrected chi connectivity index (χ4v) is 4.41. The summed E-state index contributed by atoms with van der Waals surface area (Å²) in [6.07, 6.45) is 4.61. The molecule has 2 amide bonds. The quantitative estimate of drug-likeness (QED) is 0.810. The Hall–Kier alpha value is -2.87. The van der Waals surface area contributed by atoms with E-state index in [1.165, 1.54) is 6.07 Å². The number of ether oxygens (including phenoxy) is 1. The average Bonchev–Trinajstić information content (AvgIpc) is 2.80. The summed E-state index contributed by atoms with van der Waals surface area (Å²) in [5.41, 5.74) is 0.228. The van der Waals surface area contributed by atoms with Crippen molar-refractivity contribution in [2.45, 2.75) is 31.3 Å². The van der Waals surface area contributed by atoms with Crippen LogP contribution < -0.4 is 5.32 Å². The normalized spacial score (nSPS) is 20.5. The molecule has 2 fully saturated rings. The summed E-state index contributed by atoms with van der Waals surface area (Å²) in [6, 6.07) is 8.45. The third-order valence-corrected chi connectivity index (χ3v) is 6.17. The van der Waals surface area contributed by atoms with E-state index < -0.39 is 11.6 Å². The molecule has 3 heterocycles. The third-order valence-electron chi connectivity index (χ3n) is 6.17. The van der Waals surface area contributed by atoms with Crippen LogP contribution in [0.2, 0.25) is 0 Å². The highest BCUT2D eigenvalue weighted by Crippen LogP contribution is 2.37. The van der Waals surface area contributed by atoms with Gasteiger partial charge >= 0.3 is 0 Å². The van der Waals surface area contributed by atoms with Crippen molar-refractivity contribution in [3.8, 4) is 0 Å². The lowest BCUT2D eigenvalue weighted by Crippen LogP contribution is -2.51. The van der Waals surface area contributed by atoms with Crippen LogP contribution in [0.25, 0.3) is 0 Å². The van der Waals surface area contributed by atoms with Crippen LogP contribution >= 0.6 is 0 Å². The molecule has 8 heteroatoms. The minimum atomic E-state index is -1.02. The number of pyridine rings is 1. The molecular weight excluding hydrogens is 404 g/mol. The average molecular weight is 429 g/mol. The Balaban J connectivity index is 1.31. The fourth-order valence-electron chi connectivity index (χ4n) is 4.41. The highest BCUT2D eigenvalue weighted by Gasteiger charge is 2.41. The number of benzene rings is 1. The van der Waals surface area contributed by atoms with Gasteiger partial charge in [0.2, 0.25) is 0 Å². The van der Waals surface area contributed by atoms with Crippen LogP contribution in [0.3, 0.4) is 0 Å². The molecule has 1 unspecified atom stereocenters. The summed E-state index contributed by atoms with van der Waals surface area (Å²) in [4.78, 5) is 30.6. The van der Waals surface area contributed by atoms with E-state index in [1.807, 2.05) is 0 Å². The van der Waals surface area contributed by atoms with Gasteiger partial charge in [0.05, 0.1) is 5.60 Å². The molecule has 0 radical (unpaired) electrons. The first-order valence-corrected chi connectivity index (χ1v) is 10.5. The van der Waals surface area contributed by atoms with Crippen molar-refractivity contribution in [3.05, 3.63) is 65.5 Å². The van der Waals surface area contributed by atoms with Gasteiger partial charge in [-0.3, -0.25) is 14.6 Å². The first kappa shape index (κ1) is 21.4. The minimum absolute atomic E-state index is 0.148. The number of carbonyl (C=O) groups is 2. The van der Waals surface area contributed by atoms with Gasteiger partial charge in [0.1, 0.15) is 5.69 Å². The van der Waals surface area contributed by atoms with Gasteiger partial charge in [0.25, 0.3) is 11.8 Å². The number of nitrogens with zero attached hydrogens (tertiary/aromatic N) is 2. The smallest absolute Gasteiger partial charge is 0.269 e. The number of hydrogen-bond acceptors (Lipinski definition) is 4. The second-order valence-electron chi connectivity index (χ2n) is 8.24. The zero-order valence-electron chi connectivity index (χ0n) is 17.2. The molecule has 2 aromatic rings. The number of likely N-dealkylation sites (tertiary alicyclic amines) is 1. The molecule has 1 atom stereocenters. The van der Waals surface area contributed by atoms with Crippen LogP contribution in [-0.4, -0.2) is 53.5 Å². The topological polar surface area (TPSA) is 71.5 Å². The Morgan fingerprint density at radius 3 is 2.68 bits per heavy atom. The number of aromatic nitrogens is 1. The molecule has 164 valence electrons. The number of halogens is 2. The van der Waals surface area contributed by atoms with Gasteiger partial charge in [-0.25, -0.2) is 8.78 Å². The molecule has 1 N–H and O–H groups in total. The lowest BCUT2D eigenvalue weighted by Gasteiger charge is -2.46. The molecule has 1 aromatic carbocycles. The van der Waals surface area contributed by atoms with Gasteiger partial charge in [0, 0.05) is 38.0 Å². The first-order chi connectivity index (χ1) is 15.0.